The normalized spacial score (nSPS) is 13.2. The number of amides is 4. The summed E-state index contributed by atoms with van der Waals surface area (Å²) in [7, 11) is 0. The van der Waals surface area contributed by atoms with Crippen LogP contribution in [0.15, 0.2) is 41.8 Å². The van der Waals surface area contributed by atoms with Crippen LogP contribution in [0.3, 0.4) is 0 Å². The molecule has 3 rings (SSSR count). The summed E-state index contributed by atoms with van der Waals surface area (Å²) in [5, 5.41) is 3.98. The van der Waals surface area contributed by atoms with Gasteiger partial charge in [-0.2, -0.15) is 0 Å². The van der Waals surface area contributed by atoms with E-state index in [1.165, 1.54) is 11.3 Å². The molecular weight excluding hydrogens is 276 g/mol. The maximum atomic E-state index is 12.1. The molecule has 1 aromatic carbocycles. The second kappa shape index (κ2) is 4.90. The molecule has 6 heteroatoms. The number of hydrogen-bond donors (Lipinski definition) is 1. The van der Waals surface area contributed by atoms with Crippen molar-refractivity contribution in [2.45, 2.75) is 6.42 Å². The second-order valence-electron chi connectivity index (χ2n) is 4.27. The Balaban J connectivity index is 1.81. The van der Waals surface area contributed by atoms with Gasteiger partial charge in [0.15, 0.2) is 0 Å². The molecule has 20 heavy (non-hydrogen) atoms. The van der Waals surface area contributed by atoms with Crippen LogP contribution >= 0.6 is 11.3 Å². The lowest BCUT2D eigenvalue weighted by atomic mass is 10.2. The smallest absolute Gasteiger partial charge is 0.274 e. The predicted octanol–water partition coefficient (Wildman–Crippen LogP) is 2.19. The third kappa shape index (κ3) is 2.10. The van der Waals surface area contributed by atoms with E-state index >= 15 is 0 Å². The Labute approximate surface area is 118 Å². The lowest BCUT2D eigenvalue weighted by molar-refractivity contribution is -0.116. The van der Waals surface area contributed by atoms with E-state index in [4.69, 9.17) is 0 Å². The van der Waals surface area contributed by atoms with Gasteiger partial charge >= 0.3 is 6.03 Å². The van der Waals surface area contributed by atoms with Gasteiger partial charge in [-0.1, -0.05) is 24.3 Å². The zero-order valence-corrected chi connectivity index (χ0v) is 11.1. The lowest BCUT2D eigenvalue weighted by Crippen LogP contribution is -2.44. The number of urea groups is 1. The number of fused-ring (bicyclic) bond motifs is 1. The Morgan fingerprint density at radius 3 is 2.70 bits per heavy atom. The van der Waals surface area contributed by atoms with Gasteiger partial charge in [0.05, 0.1) is 17.0 Å². The van der Waals surface area contributed by atoms with Crippen molar-refractivity contribution in [1.82, 2.24) is 5.32 Å². The van der Waals surface area contributed by atoms with Crippen LogP contribution < -0.4 is 10.2 Å². The number of imide groups is 2. The number of nitrogens with one attached hydrogen (secondary N) is 1. The van der Waals surface area contributed by atoms with Crippen LogP contribution in [-0.2, 0) is 11.2 Å². The highest BCUT2D eigenvalue weighted by Gasteiger charge is 2.32. The molecule has 4 amide bonds. The summed E-state index contributed by atoms with van der Waals surface area (Å²) in [4.78, 5) is 37.3. The quantitative estimate of drug-likeness (QED) is 0.873. The first-order valence-corrected chi connectivity index (χ1v) is 6.84. The molecule has 0 saturated heterocycles. The van der Waals surface area contributed by atoms with Crippen LogP contribution in [0.25, 0.3) is 0 Å². The van der Waals surface area contributed by atoms with E-state index in [1.807, 2.05) is 6.07 Å². The maximum absolute atomic E-state index is 12.1. The number of para-hydroxylation sites is 1. The highest BCUT2D eigenvalue weighted by Crippen LogP contribution is 2.28. The average molecular weight is 286 g/mol. The van der Waals surface area contributed by atoms with Crippen molar-refractivity contribution >= 4 is 34.9 Å². The molecule has 0 radical (unpaired) electrons. The molecule has 1 aromatic heterocycles. The van der Waals surface area contributed by atoms with Crippen LogP contribution in [0.5, 0.6) is 0 Å². The second-order valence-corrected chi connectivity index (χ2v) is 5.22. The SMILES string of the molecule is O=C(NC(=O)N1C(=O)Cc2ccccc21)c1cccs1. The van der Waals surface area contributed by atoms with Gasteiger partial charge in [0, 0.05) is 0 Å². The number of rotatable bonds is 1. The van der Waals surface area contributed by atoms with Gasteiger partial charge in [-0.25, -0.2) is 9.69 Å². The van der Waals surface area contributed by atoms with Gasteiger partial charge in [0.1, 0.15) is 0 Å². The fraction of sp³-hybridized carbons (Fsp3) is 0.0714. The summed E-state index contributed by atoms with van der Waals surface area (Å²) in [6.07, 6.45) is 0.177. The van der Waals surface area contributed by atoms with Crippen molar-refractivity contribution in [1.29, 1.82) is 0 Å². The zero-order chi connectivity index (χ0) is 14.1. The molecule has 1 N–H and O–H groups in total. The number of thiophene rings is 1. The molecule has 2 heterocycles. The van der Waals surface area contributed by atoms with E-state index < -0.39 is 11.9 Å². The Morgan fingerprint density at radius 1 is 1.15 bits per heavy atom. The van der Waals surface area contributed by atoms with Crippen LogP contribution in [0.1, 0.15) is 15.2 Å². The first-order valence-electron chi connectivity index (χ1n) is 5.96. The molecule has 0 fully saturated rings. The van der Waals surface area contributed by atoms with E-state index in [-0.39, 0.29) is 12.3 Å². The lowest BCUT2D eigenvalue weighted by Gasteiger charge is -2.15. The summed E-state index contributed by atoms with van der Waals surface area (Å²) in [6, 6.07) is 9.67. The van der Waals surface area contributed by atoms with E-state index in [0.717, 1.165) is 10.5 Å². The number of benzene rings is 1. The first kappa shape index (κ1) is 12.6. The third-order valence-electron chi connectivity index (χ3n) is 2.99. The van der Waals surface area contributed by atoms with Crippen LogP contribution in [0.4, 0.5) is 10.5 Å². The Hall–Kier alpha value is -2.47. The minimum atomic E-state index is -0.710. The largest absolute Gasteiger partial charge is 0.335 e. The number of carbonyl (C=O) groups excluding carboxylic acids is 3. The summed E-state index contributed by atoms with van der Waals surface area (Å²) >= 11 is 1.23. The summed E-state index contributed by atoms with van der Waals surface area (Å²) < 4.78 is 0. The summed E-state index contributed by atoms with van der Waals surface area (Å²) in [6.45, 7) is 0. The monoisotopic (exact) mass is 286 g/mol. The van der Waals surface area contributed by atoms with Gasteiger partial charge in [-0.05, 0) is 23.1 Å². The highest BCUT2D eigenvalue weighted by molar-refractivity contribution is 7.12. The molecule has 5 nitrogen and oxygen atoms in total. The van der Waals surface area contributed by atoms with Crippen LogP contribution in [-0.4, -0.2) is 17.8 Å². The van der Waals surface area contributed by atoms with Gasteiger partial charge in [-0.3, -0.25) is 14.9 Å². The van der Waals surface area contributed by atoms with E-state index in [0.29, 0.717) is 10.6 Å². The summed E-state index contributed by atoms with van der Waals surface area (Å²) in [5.41, 5.74) is 1.32. The van der Waals surface area contributed by atoms with Gasteiger partial charge in [-0.15, -0.1) is 11.3 Å². The van der Waals surface area contributed by atoms with Crippen molar-refractivity contribution in [2.24, 2.45) is 0 Å². The Morgan fingerprint density at radius 2 is 1.95 bits per heavy atom. The van der Waals surface area contributed by atoms with E-state index in [9.17, 15) is 14.4 Å². The van der Waals surface area contributed by atoms with Gasteiger partial charge < -0.3 is 0 Å². The number of anilines is 1. The number of carbonyl (C=O) groups is 3. The average Bonchev–Trinajstić information content (AvgIpc) is 3.04. The Bertz CT molecular complexity index is 694. The molecule has 0 unspecified atom stereocenters. The fourth-order valence-corrected chi connectivity index (χ4v) is 2.72. The molecule has 0 atom stereocenters. The standard InChI is InChI=1S/C14H10N2O3S/c17-12-8-9-4-1-2-5-10(9)16(12)14(19)15-13(18)11-6-3-7-20-11/h1-7H,8H2,(H,15,18,19). The van der Waals surface area contributed by atoms with E-state index in [2.05, 4.69) is 5.32 Å². The van der Waals surface area contributed by atoms with Crippen molar-refractivity contribution < 1.29 is 14.4 Å². The summed E-state index contributed by atoms with van der Waals surface area (Å²) in [5.74, 6) is -0.829. The molecule has 1 aliphatic rings. The first-order chi connectivity index (χ1) is 9.66. The maximum Gasteiger partial charge on any atom is 0.335 e. The zero-order valence-electron chi connectivity index (χ0n) is 10.3. The van der Waals surface area contributed by atoms with Crippen molar-refractivity contribution in [3.63, 3.8) is 0 Å². The molecule has 0 saturated carbocycles. The van der Waals surface area contributed by atoms with Crippen LogP contribution in [0, 0.1) is 0 Å². The van der Waals surface area contributed by atoms with Gasteiger partial charge in [0.2, 0.25) is 5.91 Å². The molecule has 0 aliphatic carbocycles. The van der Waals surface area contributed by atoms with Crippen molar-refractivity contribution in [3.05, 3.63) is 52.2 Å². The molecular formula is C14H10N2O3S. The third-order valence-corrected chi connectivity index (χ3v) is 3.86. The molecule has 100 valence electrons. The predicted molar refractivity (Wildman–Crippen MR) is 74.8 cm³/mol. The fourth-order valence-electron chi connectivity index (χ4n) is 2.10. The van der Waals surface area contributed by atoms with Crippen molar-refractivity contribution in [3.8, 4) is 0 Å². The molecule has 0 bridgehead atoms. The van der Waals surface area contributed by atoms with Gasteiger partial charge in [0.25, 0.3) is 5.91 Å². The number of nitrogens with zero attached hydrogens (tertiary/aromatic N) is 1. The highest BCUT2D eigenvalue weighted by atomic mass is 32.1. The minimum absolute atomic E-state index is 0.177. The van der Waals surface area contributed by atoms with E-state index in [1.54, 1.807) is 35.7 Å². The van der Waals surface area contributed by atoms with Crippen molar-refractivity contribution in [2.75, 3.05) is 4.90 Å². The van der Waals surface area contributed by atoms with Crippen LogP contribution in [0.2, 0.25) is 0 Å². The molecule has 2 aromatic rings. The number of hydrogen-bond acceptors (Lipinski definition) is 4. The topological polar surface area (TPSA) is 66.5 Å². The Kier molecular flexibility index (Phi) is 3.08. The minimum Gasteiger partial charge on any atom is -0.274 e. The molecule has 0 spiro atoms. The molecule has 1 aliphatic heterocycles.